The third-order valence-electron chi connectivity index (χ3n) is 4.71. The van der Waals surface area contributed by atoms with Gasteiger partial charge < -0.3 is 9.73 Å². The van der Waals surface area contributed by atoms with Crippen LogP contribution < -0.4 is 5.32 Å². The van der Waals surface area contributed by atoms with Crippen molar-refractivity contribution in [3.8, 4) is 17.1 Å². The Morgan fingerprint density at radius 3 is 2.55 bits per heavy atom. The molecule has 0 saturated heterocycles. The standard InChI is InChI=1S/C23H21ClN4O2S/c1-15-5-11-19(12-6-15)28-22(17-7-9-18(24)10-8-17)26-27-23(28)31-14-21(29)25-16(2)20-4-3-13-30-20/h3-13,16H,14H2,1-2H3,(H,25,29). The van der Waals surface area contributed by atoms with E-state index in [2.05, 4.69) is 15.5 Å². The minimum Gasteiger partial charge on any atom is -0.467 e. The van der Waals surface area contributed by atoms with Gasteiger partial charge in [-0.15, -0.1) is 10.2 Å². The van der Waals surface area contributed by atoms with E-state index in [-0.39, 0.29) is 17.7 Å². The predicted octanol–water partition coefficient (Wildman–Crippen LogP) is 5.46. The SMILES string of the molecule is Cc1ccc(-n2c(SCC(=O)NC(C)c3ccco3)nnc2-c2ccc(Cl)cc2)cc1. The lowest BCUT2D eigenvalue weighted by molar-refractivity contribution is -0.119. The Kier molecular flexibility index (Phi) is 6.44. The maximum Gasteiger partial charge on any atom is 0.231 e. The van der Waals surface area contributed by atoms with Crippen molar-refractivity contribution in [2.45, 2.75) is 25.0 Å². The second-order valence-electron chi connectivity index (χ2n) is 7.08. The molecular weight excluding hydrogens is 432 g/mol. The van der Waals surface area contributed by atoms with Gasteiger partial charge in [0.1, 0.15) is 5.76 Å². The number of amides is 1. The van der Waals surface area contributed by atoms with Crippen molar-refractivity contribution in [2.75, 3.05) is 5.75 Å². The molecule has 2 aromatic carbocycles. The molecule has 1 amide bonds. The third kappa shape index (κ3) is 5.00. The number of carbonyl (C=O) groups is 1. The first-order valence-electron chi connectivity index (χ1n) is 9.75. The Hall–Kier alpha value is -3.03. The van der Waals surface area contributed by atoms with Crippen LogP contribution in [0, 0.1) is 6.92 Å². The van der Waals surface area contributed by atoms with Gasteiger partial charge in [0.2, 0.25) is 5.91 Å². The Morgan fingerprint density at radius 1 is 1.13 bits per heavy atom. The molecule has 0 aliphatic carbocycles. The summed E-state index contributed by atoms with van der Waals surface area (Å²) < 4.78 is 7.30. The van der Waals surface area contributed by atoms with Crippen molar-refractivity contribution in [1.29, 1.82) is 0 Å². The minimum atomic E-state index is -0.206. The van der Waals surface area contributed by atoms with E-state index in [9.17, 15) is 4.79 Å². The highest BCUT2D eigenvalue weighted by atomic mass is 35.5. The lowest BCUT2D eigenvalue weighted by atomic mass is 10.2. The van der Waals surface area contributed by atoms with Crippen LogP contribution in [-0.2, 0) is 4.79 Å². The van der Waals surface area contributed by atoms with E-state index in [0.29, 0.717) is 21.8 Å². The molecule has 8 heteroatoms. The molecule has 1 atom stereocenters. The molecule has 0 bridgehead atoms. The van der Waals surface area contributed by atoms with Gasteiger partial charge in [0.05, 0.1) is 18.1 Å². The Labute approximate surface area is 189 Å². The maximum absolute atomic E-state index is 12.5. The molecule has 4 rings (SSSR count). The summed E-state index contributed by atoms with van der Waals surface area (Å²) in [7, 11) is 0. The number of benzene rings is 2. The predicted molar refractivity (Wildman–Crippen MR) is 123 cm³/mol. The molecule has 2 aromatic heterocycles. The molecule has 4 aromatic rings. The number of thioether (sulfide) groups is 1. The van der Waals surface area contributed by atoms with Crippen LogP contribution in [0.15, 0.2) is 76.5 Å². The number of hydrogen-bond acceptors (Lipinski definition) is 5. The molecule has 1 unspecified atom stereocenters. The molecule has 0 fully saturated rings. The molecule has 0 aliphatic heterocycles. The minimum absolute atomic E-state index is 0.111. The number of furan rings is 1. The summed E-state index contributed by atoms with van der Waals surface area (Å²) in [6, 6.07) is 19.0. The summed E-state index contributed by atoms with van der Waals surface area (Å²) in [5.41, 5.74) is 2.97. The monoisotopic (exact) mass is 452 g/mol. The third-order valence-corrected chi connectivity index (χ3v) is 5.89. The van der Waals surface area contributed by atoms with Crippen molar-refractivity contribution in [3.05, 3.63) is 83.3 Å². The number of halogens is 1. The molecule has 6 nitrogen and oxygen atoms in total. The van der Waals surface area contributed by atoms with Crippen molar-refractivity contribution in [2.24, 2.45) is 0 Å². The van der Waals surface area contributed by atoms with Gasteiger partial charge in [0, 0.05) is 16.3 Å². The van der Waals surface area contributed by atoms with Crippen molar-refractivity contribution < 1.29 is 9.21 Å². The largest absolute Gasteiger partial charge is 0.467 e. The molecule has 0 aliphatic rings. The van der Waals surface area contributed by atoms with Gasteiger partial charge in [-0.05, 0) is 62.4 Å². The average molecular weight is 453 g/mol. The number of nitrogens with one attached hydrogen (secondary N) is 1. The topological polar surface area (TPSA) is 73.0 Å². The quantitative estimate of drug-likeness (QED) is 0.377. The summed E-state index contributed by atoms with van der Waals surface area (Å²) in [5, 5.41) is 13.0. The van der Waals surface area contributed by atoms with Crippen LogP contribution >= 0.6 is 23.4 Å². The highest BCUT2D eigenvalue weighted by molar-refractivity contribution is 7.99. The zero-order valence-electron chi connectivity index (χ0n) is 17.1. The Bertz CT molecular complexity index is 1160. The number of carbonyl (C=O) groups excluding carboxylic acids is 1. The van der Waals surface area contributed by atoms with Crippen LogP contribution in [0.2, 0.25) is 5.02 Å². The Morgan fingerprint density at radius 2 is 1.87 bits per heavy atom. The molecule has 158 valence electrons. The molecule has 0 saturated carbocycles. The zero-order chi connectivity index (χ0) is 21.8. The van der Waals surface area contributed by atoms with Gasteiger partial charge in [-0.1, -0.05) is 41.1 Å². The van der Waals surface area contributed by atoms with Crippen LogP contribution in [0.5, 0.6) is 0 Å². The van der Waals surface area contributed by atoms with Crippen molar-refractivity contribution in [1.82, 2.24) is 20.1 Å². The summed E-state index contributed by atoms with van der Waals surface area (Å²) in [5.74, 6) is 1.49. The summed E-state index contributed by atoms with van der Waals surface area (Å²) in [6.45, 7) is 3.92. The fourth-order valence-electron chi connectivity index (χ4n) is 3.10. The van der Waals surface area contributed by atoms with Gasteiger partial charge in [-0.3, -0.25) is 9.36 Å². The van der Waals surface area contributed by atoms with Gasteiger partial charge in [0.15, 0.2) is 11.0 Å². The lowest BCUT2D eigenvalue weighted by Crippen LogP contribution is -2.28. The highest BCUT2D eigenvalue weighted by Crippen LogP contribution is 2.29. The van der Waals surface area contributed by atoms with Crippen molar-refractivity contribution in [3.63, 3.8) is 0 Å². The molecule has 0 radical (unpaired) electrons. The van der Waals surface area contributed by atoms with Crippen LogP contribution in [-0.4, -0.2) is 26.4 Å². The fraction of sp³-hybridized carbons (Fsp3) is 0.174. The molecule has 31 heavy (non-hydrogen) atoms. The highest BCUT2D eigenvalue weighted by Gasteiger charge is 2.18. The number of aryl methyl sites for hydroxylation is 1. The first-order chi connectivity index (χ1) is 15.0. The van der Waals surface area contributed by atoms with Crippen LogP contribution in [0.1, 0.15) is 24.3 Å². The van der Waals surface area contributed by atoms with E-state index in [4.69, 9.17) is 16.0 Å². The number of rotatable bonds is 7. The zero-order valence-corrected chi connectivity index (χ0v) is 18.7. The van der Waals surface area contributed by atoms with Gasteiger partial charge >= 0.3 is 0 Å². The normalized spacial score (nSPS) is 12.0. The van der Waals surface area contributed by atoms with E-state index < -0.39 is 0 Å². The van der Waals surface area contributed by atoms with E-state index >= 15 is 0 Å². The summed E-state index contributed by atoms with van der Waals surface area (Å²) in [4.78, 5) is 12.5. The van der Waals surface area contributed by atoms with Crippen LogP contribution in [0.25, 0.3) is 17.1 Å². The first-order valence-corrected chi connectivity index (χ1v) is 11.1. The second kappa shape index (κ2) is 9.41. The smallest absolute Gasteiger partial charge is 0.231 e. The molecular formula is C23H21ClN4O2S. The number of hydrogen-bond donors (Lipinski definition) is 1. The van der Waals surface area contributed by atoms with Crippen LogP contribution in [0.4, 0.5) is 0 Å². The van der Waals surface area contributed by atoms with Gasteiger partial charge in [-0.2, -0.15) is 0 Å². The van der Waals surface area contributed by atoms with Crippen LogP contribution in [0.3, 0.4) is 0 Å². The molecule has 2 heterocycles. The lowest BCUT2D eigenvalue weighted by Gasteiger charge is -2.12. The fourth-order valence-corrected chi connectivity index (χ4v) is 3.99. The molecule has 0 spiro atoms. The van der Waals surface area contributed by atoms with E-state index in [1.807, 2.05) is 73.0 Å². The second-order valence-corrected chi connectivity index (χ2v) is 8.46. The number of aromatic nitrogens is 3. The van der Waals surface area contributed by atoms with E-state index in [0.717, 1.165) is 16.8 Å². The van der Waals surface area contributed by atoms with E-state index in [1.54, 1.807) is 12.3 Å². The summed E-state index contributed by atoms with van der Waals surface area (Å²) in [6.07, 6.45) is 1.59. The van der Waals surface area contributed by atoms with Gasteiger partial charge in [0.25, 0.3) is 0 Å². The average Bonchev–Trinajstić information content (AvgIpc) is 3.44. The van der Waals surface area contributed by atoms with Crippen molar-refractivity contribution >= 4 is 29.3 Å². The number of nitrogens with zero attached hydrogens (tertiary/aromatic N) is 3. The van der Waals surface area contributed by atoms with Gasteiger partial charge in [-0.25, -0.2) is 0 Å². The maximum atomic E-state index is 12.5. The Balaban J connectivity index is 1.57. The summed E-state index contributed by atoms with van der Waals surface area (Å²) >= 11 is 7.38. The van der Waals surface area contributed by atoms with E-state index in [1.165, 1.54) is 11.8 Å². The first kappa shape index (κ1) is 21.2. The molecule has 1 N–H and O–H groups in total.